The maximum absolute atomic E-state index is 12.2. The van der Waals surface area contributed by atoms with Gasteiger partial charge in [-0.3, -0.25) is 9.69 Å². The van der Waals surface area contributed by atoms with Crippen LogP contribution in [0, 0.1) is 0 Å². The van der Waals surface area contributed by atoms with Crippen molar-refractivity contribution in [1.82, 2.24) is 15.1 Å². The Labute approximate surface area is 143 Å². The van der Waals surface area contributed by atoms with Crippen LogP contribution in [0.15, 0.2) is 30.3 Å². The summed E-state index contributed by atoms with van der Waals surface area (Å²) in [5.74, 6) is 0.0137. The topological polar surface area (TPSA) is 52.7 Å². The number of fused-ring (bicyclic) bond motifs is 1. The Balaban J connectivity index is 0.00000192. The first-order valence-electron chi connectivity index (χ1n) is 8.14. The Bertz CT molecular complexity index is 516. The molecule has 1 aromatic carbocycles. The molecule has 1 N–H and O–H groups in total. The maximum atomic E-state index is 12.2. The minimum absolute atomic E-state index is 0. The van der Waals surface area contributed by atoms with Gasteiger partial charge < -0.3 is 10.2 Å². The van der Waals surface area contributed by atoms with Crippen LogP contribution in [0.4, 0.5) is 4.79 Å². The summed E-state index contributed by atoms with van der Waals surface area (Å²) in [7, 11) is 0. The van der Waals surface area contributed by atoms with Crippen molar-refractivity contribution in [2.24, 2.45) is 0 Å². The fraction of sp³-hybridized carbons (Fsp3) is 0.529. The number of unbranched alkanes of at least 4 members (excludes halogenated alkanes) is 1. The molecule has 3 amide bonds. The highest BCUT2D eigenvalue weighted by molar-refractivity contribution is 6.04. The van der Waals surface area contributed by atoms with E-state index in [0.717, 1.165) is 45.3 Å². The van der Waals surface area contributed by atoms with Crippen molar-refractivity contribution in [1.29, 1.82) is 0 Å². The van der Waals surface area contributed by atoms with Crippen LogP contribution in [0.3, 0.4) is 0 Å². The Kier molecular flexibility index (Phi) is 6.42. The molecular formula is C17H24ClN3O2. The van der Waals surface area contributed by atoms with Gasteiger partial charge in [0.05, 0.1) is 0 Å². The number of halogens is 1. The zero-order valence-electron chi connectivity index (χ0n) is 13.2. The first-order chi connectivity index (χ1) is 10.8. The van der Waals surface area contributed by atoms with Gasteiger partial charge in [-0.25, -0.2) is 4.79 Å². The summed E-state index contributed by atoms with van der Waals surface area (Å²) in [5.41, 5.74) is 1.27. The Morgan fingerprint density at radius 2 is 1.91 bits per heavy atom. The molecule has 0 aliphatic carbocycles. The second kappa shape index (κ2) is 8.31. The highest BCUT2D eigenvalue weighted by Gasteiger charge is 2.46. The van der Waals surface area contributed by atoms with Gasteiger partial charge in [0, 0.05) is 19.6 Å². The van der Waals surface area contributed by atoms with E-state index in [1.165, 1.54) is 10.5 Å². The van der Waals surface area contributed by atoms with Crippen LogP contribution in [0.2, 0.25) is 0 Å². The fourth-order valence-corrected chi connectivity index (χ4v) is 3.24. The van der Waals surface area contributed by atoms with Gasteiger partial charge in [0.15, 0.2) is 0 Å². The Hall–Kier alpha value is -1.59. The largest absolute Gasteiger partial charge is 0.327 e. The summed E-state index contributed by atoms with van der Waals surface area (Å²) in [6, 6.07) is 10.0. The lowest BCUT2D eigenvalue weighted by molar-refractivity contribution is -0.128. The molecule has 5 nitrogen and oxygen atoms in total. The molecular weight excluding hydrogens is 314 g/mol. The van der Waals surface area contributed by atoms with Crippen molar-refractivity contribution in [3.63, 3.8) is 0 Å². The zero-order valence-corrected chi connectivity index (χ0v) is 14.1. The second-order valence-corrected chi connectivity index (χ2v) is 5.99. The average molecular weight is 338 g/mol. The first kappa shape index (κ1) is 17.8. The first-order valence-corrected chi connectivity index (χ1v) is 8.14. The van der Waals surface area contributed by atoms with Gasteiger partial charge in [0.1, 0.15) is 6.04 Å². The molecule has 0 radical (unpaired) electrons. The third-order valence-electron chi connectivity index (χ3n) is 4.44. The number of nitrogens with zero attached hydrogens (tertiary/aromatic N) is 2. The number of hydrogen-bond donors (Lipinski definition) is 1. The van der Waals surface area contributed by atoms with Crippen molar-refractivity contribution in [2.75, 3.05) is 19.6 Å². The number of benzene rings is 1. The maximum Gasteiger partial charge on any atom is 0.327 e. The van der Waals surface area contributed by atoms with Gasteiger partial charge in [0.2, 0.25) is 0 Å². The molecule has 2 saturated heterocycles. The van der Waals surface area contributed by atoms with E-state index in [0.29, 0.717) is 6.54 Å². The lowest BCUT2D eigenvalue weighted by atomic mass is 10.2. The van der Waals surface area contributed by atoms with E-state index in [2.05, 4.69) is 17.4 Å². The third-order valence-corrected chi connectivity index (χ3v) is 4.44. The summed E-state index contributed by atoms with van der Waals surface area (Å²) in [6.07, 6.45) is 3.62. The van der Waals surface area contributed by atoms with Crippen molar-refractivity contribution in [3.8, 4) is 0 Å². The third kappa shape index (κ3) is 4.03. The molecule has 2 fully saturated rings. The smallest absolute Gasteiger partial charge is 0.313 e. The van der Waals surface area contributed by atoms with Crippen LogP contribution in [-0.4, -0.2) is 47.4 Å². The van der Waals surface area contributed by atoms with Crippen molar-refractivity contribution >= 4 is 24.3 Å². The lowest BCUT2D eigenvalue weighted by Gasteiger charge is -2.15. The van der Waals surface area contributed by atoms with Crippen LogP contribution in [0.25, 0.3) is 0 Å². The van der Waals surface area contributed by atoms with E-state index >= 15 is 0 Å². The average Bonchev–Trinajstić information content (AvgIpc) is 3.10. The van der Waals surface area contributed by atoms with E-state index in [-0.39, 0.29) is 30.4 Å². The minimum atomic E-state index is -0.163. The molecule has 2 aliphatic heterocycles. The molecule has 2 heterocycles. The highest BCUT2D eigenvalue weighted by atomic mass is 35.5. The van der Waals surface area contributed by atoms with Crippen LogP contribution >= 0.6 is 12.4 Å². The summed E-state index contributed by atoms with van der Waals surface area (Å²) < 4.78 is 0. The van der Waals surface area contributed by atoms with Crippen molar-refractivity contribution < 1.29 is 9.59 Å². The number of nitrogens with one attached hydrogen (secondary N) is 1. The van der Waals surface area contributed by atoms with Gasteiger partial charge in [0.25, 0.3) is 5.91 Å². The molecule has 1 unspecified atom stereocenters. The number of urea groups is 1. The molecule has 0 aromatic heterocycles. The molecule has 1 aromatic rings. The second-order valence-electron chi connectivity index (χ2n) is 5.99. The number of carbonyl (C=O) groups excluding carboxylic acids is 2. The van der Waals surface area contributed by atoms with Crippen LogP contribution < -0.4 is 5.32 Å². The van der Waals surface area contributed by atoms with Gasteiger partial charge in [-0.2, -0.15) is 0 Å². The van der Waals surface area contributed by atoms with Crippen molar-refractivity contribution in [3.05, 3.63) is 35.9 Å². The van der Waals surface area contributed by atoms with Gasteiger partial charge in [-0.15, -0.1) is 12.4 Å². The highest BCUT2D eigenvalue weighted by Crippen LogP contribution is 2.27. The predicted octanol–water partition coefficient (Wildman–Crippen LogP) is 2.40. The summed E-state index contributed by atoms with van der Waals surface area (Å²) in [4.78, 5) is 27.4. The van der Waals surface area contributed by atoms with Gasteiger partial charge >= 0.3 is 6.03 Å². The number of carbonyl (C=O) groups is 2. The van der Waals surface area contributed by atoms with Crippen LogP contribution in [-0.2, 0) is 11.3 Å². The number of amides is 3. The van der Waals surface area contributed by atoms with E-state index in [1.807, 2.05) is 18.2 Å². The predicted molar refractivity (Wildman–Crippen MR) is 91.5 cm³/mol. The molecule has 2 aliphatic rings. The zero-order chi connectivity index (χ0) is 15.4. The Morgan fingerprint density at radius 3 is 2.65 bits per heavy atom. The quantitative estimate of drug-likeness (QED) is 0.614. The molecule has 0 bridgehead atoms. The summed E-state index contributed by atoms with van der Waals surface area (Å²) in [6.45, 7) is 3.05. The van der Waals surface area contributed by atoms with E-state index in [1.54, 1.807) is 4.90 Å². The molecule has 23 heavy (non-hydrogen) atoms. The number of imide groups is 1. The molecule has 1 atom stereocenters. The molecule has 126 valence electrons. The molecule has 0 saturated carbocycles. The molecule has 0 spiro atoms. The number of rotatable bonds is 7. The van der Waals surface area contributed by atoms with Gasteiger partial charge in [-0.05, 0) is 37.8 Å². The standard InChI is InChI=1S/C17H23N3O2.ClH/c21-16-15-9-6-12-19(15)17(22)20(16)11-5-4-10-18-13-14-7-2-1-3-8-14;/h1-3,7-8,15,18H,4-6,9-13H2;1H. The van der Waals surface area contributed by atoms with Crippen molar-refractivity contribution in [2.45, 2.75) is 38.3 Å². The fourth-order valence-electron chi connectivity index (χ4n) is 3.24. The summed E-state index contributed by atoms with van der Waals surface area (Å²) in [5, 5.41) is 3.39. The van der Waals surface area contributed by atoms with E-state index in [4.69, 9.17) is 0 Å². The molecule has 3 rings (SSSR count). The molecule has 6 heteroatoms. The Morgan fingerprint density at radius 1 is 1.13 bits per heavy atom. The number of hydrogen-bond acceptors (Lipinski definition) is 3. The summed E-state index contributed by atoms with van der Waals surface area (Å²) >= 11 is 0. The SMILES string of the molecule is Cl.O=C1C2CCCN2C(=O)N1CCCCNCc1ccccc1. The monoisotopic (exact) mass is 337 g/mol. The van der Waals surface area contributed by atoms with E-state index in [9.17, 15) is 9.59 Å². The lowest BCUT2D eigenvalue weighted by Crippen LogP contribution is -2.34. The van der Waals surface area contributed by atoms with Gasteiger partial charge in [-0.1, -0.05) is 30.3 Å². The van der Waals surface area contributed by atoms with Crippen LogP contribution in [0.5, 0.6) is 0 Å². The van der Waals surface area contributed by atoms with Crippen LogP contribution in [0.1, 0.15) is 31.2 Å². The normalized spacial score (nSPS) is 19.9. The minimum Gasteiger partial charge on any atom is -0.313 e. The van der Waals surface area contributed by atoms with E-state index < -0.39 is 0 Å².